The van der Waals surface area contributed by atoms with Crippen LogP contribution in [0, 0.1) is 10.1 Å². The van der Waals surface area contributed by atoms with Crippen molar-refractivity contribution < 1.29 is 18.1 Å². The summed E-state index contributed by atoms with van der Waals surface area (Å²) < 4.78 is 39.4. The number of hydrazone groups is 1. The highest BCUT2D eigenvalue weighted by molar-refractivity contribution is 7.14. The first-order valence-corrected chi connectivity index (χ1v) is 8.39. The van der Waals surface area contributed by atoms with Gasteiger partial charge in [0.1, 0.15) is 0 Å². The number of nitro groups is 1. The number of nitro benzene ring substituents is 1. The highest BCUT2D eigenvalue weighted by Gasteiger charge is 2.36. The van der Waals surface area contributed by atoms with E-state index in [9.17, 15) is 23.3 Å². The van der Waals surface area contributed by atoms with E-state index in [0.29, 0.717) is 10.8 Å². The van der Waals surface area contributed by atoms with Crippen LogP contribution in [0.4, 0.5) is 24.0 Å². The molecule has 2 aromatic carbocycles. The fourth-order valence-electron chi connectivity index (χ4n) is 2.31. The second kappa shape index (κ2) is 7.54. The largest absolute Gasteiger partial charge is 0.417 e. The lowest BCUT2D eigenvalue weighted by atomic mass is 10.1. The van der Waals surface area contributed by atoms with Crippen LogP contribution in [0.15, 0.2) is 59.0 Å². The number of thiazole rings is 1. The van der Waals surface area contributed by atoms with Crippen molar-refractivity contribution >= 4 is 28.4 Å². The van der Waals surface area contributed by atoms with Crippen molar-refractivity contribution in [3.05, 3.63) is 75.2 Å². The Morgan fingerprint density at radius 3 is 2.56 bits per heavy atom. The molecule has 10 heteroatoms. The lowest BCUT2D eigenvalue weighted by Crippen LogP contribution is -2.11. The zero-order valence-electron chi connectivity index (χ0n) is 13.5. The molecule has 27 heavy (non-hydrogen) atoms. The van der Waals surface area contributed by atoms with E-state index >= 15 is 0 Å². The third-order valence-corrected chi connectivity index (χ3v) is 4.26. The number of hydrogen-bond acceptors (Lipinski definition) is 6. The molecule has 0 radical (unpaired) electrons. The maximum Gasteiger partial charge on any atom is 0.417 e. The molecule has 0 saturated carbocycles. The lowest BCUT2D eigenvalue weighted by Gasteiger charge is -2.09. The molecule has 3 rings (SSSR count). The van der Waals surface area contributed by atoms with Gasteiger partial charge in [-0.25, -0.2) is 4.98 Å². The molecule has 0 aliphatic carbocycles. The van der Waals surface area contributed by atoms with Crippen molar-refractivity contribution in [3.8, 4) is 11.3 Å². The number of hydrogen-bond donors (Lipinski definition) is 1. The van der Waals surface area contributed by atoms with Crippen LogP contribution in [0.3, 0.4) is 0 Å². The van der Waals surface area contributed by atoms with Gasteiger partial charge in [0, 0.05) is 17.0 Å². The molecule has 1 aromatic heterocycles. The minimum Gasteiger partial charge on any atom is -0.258 e. The van der Waals surface area contributed by atoms with Crippen molar-refractivity contribution in [2.45, 2.75) is 6.18 Å². The molecule has 1 N–H and O–H groups in total. The van der Waals surface area contributed by atoms with E-state index in [1.54, 1.807) is 5.38 Å². The average Bonchev–Trinajstić information content (AvgIpc) is 3.10. The van der Waals surface area contributed by atoms with Crippen molar-refractivity contribution in [1.82, 2.24) is 4.98 Å². The van der Waals surface area contributed by atoms with Gasteiger partial charge in [-0.1, -0.05) is 36.4 Å². The van der Waals surface area contributed by atoms with Crippen molar-refractivity contribution in [2.75, 3.05) is 5.43 Å². The minimum atomic E-state index is -4.74. The molecule has 0 aliphatic heterocycles. The predicted molar refractivity (Wildman–Crippen MR) is 96.9 cm³/mol. The number of rotatable bonds is 5. The fourth-order valence-corrected chi connectivity index (χ4v) is 2.98. The number of nitrogens with zero attached hydrogens (tertiary/aromatic N) is 3. The third-order valence-electron chi connectivity index (χ3n) is 3.51. The first kappa shape index (κ1) is 18.5. The van der Waals surface area contributed by atoms with E-state index in [2.05, 4.69) is 15.5 Å². The second-order valence-electron chi connectivity index (χ2n) is 5.27. The number of aromatic nitrogens is 1. The van der Waals surface area contributed by atoms with E-state index in [-0.39, 0.29) is 0 Å². The quantitative estimate of drug-likeness (QED) is 0.368. The van der Waals surface area contributed by atoms with Gasteiger partial charge in [0.05, 0.1) is 28.0 Å². The molecule has 0 spiro atoms. The normalized spacial score (nSPS) is 11.7. The molecule has 0 saturated heterocycles. The van der Waals surface area contributed by atoms with E-state index in [1.165, 1.54) is 11.3 Å². The molecule has 0 aliphatic rings. The predicted octanol–water partition coefficient (Wildman–Crippen LogP) is 5.18. The summed E-state index contributed by atoms with van der Waals surface area (Å²) in [6.45, 7) is 0. The first-order valence-electron chi connectivity index (χ1n) is 7.51. The molecule has 0 amide bonds. The van der Waals surface area contributed by atoms with Crippen LogP contribution in [0.25, 0.3) is 11.3 Å². The highest BCUT2D eigenvalue weighted by atomic mass is 32.1. The Kier molecular flexibility index (Phi) is 5.17. The Labute approximate surface area is 155 Å². The summed E-state index contributed by atoms with van der Waals surface area (Å²) in [5.41, 5.74) is 1.64. The number of halogens is 3. The molecular formula is C17H11F3N4O2S. The standard InChI is InChI=1S/C17H11F3N4O2S/c18-17(19,20)13-7-4-8-15(24(25)26)12(13)9-21-23-16-22-14(10-27-16)11-5-2-1-3-6-11/h1-10H,(H,22,23). The van der Waals surface area contributed by atoms with Crippen LogP contribution in [-0.4, -0.2) is 16.1 Å². The molecule has 0 atom stereocenters. The monoisotopic (exact) mass is 392 g/mol. The number of anilines is 1. The molecule has 1 heterocycles. The molecule has 6 nitrogen and oxygen atoms in total. The zero-order valence-corrected chi connectivity index (χ0v) is 14.3. The smallest absolute Gasteiger partial charge is 0.258 e. The molecule has 3 aromatic rings. The van der Waals surface area contributed by atoms with Crippen molar-refractivity contribution in [3.63, 3.8) is 0 Å². The minimum absolute atomic E-state index is 0.345. The zero-order chi connectivity index (χ0) is 19.4. The first-order chi connectivity index (χ1) is 12.9. The van der Waals surface area contributed by atoms with E-state index in [1.807, 2.05) is 30.3 Å². The van der Waals surface area contributed by atoms with Crippen molar-refractivity contribution in [2.24, 2.45) is 5.10 Å². The molecule has 138 valence electrons. The summed E-state index contributed by atoms with van der Waals surface area (Å²) in [5.74, 6) is 0. The number of benzene rings is 2. The molecule has 0 unspecified atom stereocenters. The van der Waals surface area contributed by atoms with Gasteiger partial charge in [0.2, 0.25) is 5.13 Å². The maximum absolute atomic E-state index is 13.1. The van der Waals surface area contributed by atoms with Gasteiger partial charge in [0.25, 0.3) is 5.69 Å². The molecule has 0 bridgehead atoms. The Morgan fingerprint density at radius 1 is 1.15 bits per heavy atom. The van der Waals surface area contributed by atoms with E-state index in [4.69, 9.17) is 0 Å². The fraction of sp³-hybridized carbons (Fsp3) is 0.0588. The van der Waals surface area contributed by atoms with Crippen LogP contribution in [-0.2, 0) is 6.18 Å². The summed E-state index contributed by atoms with van der Waals surface area (Å²) in [6.07, 6.45) is -3.96. The third kappa shape index (κ3) is 4.29. The van der Waals surface area contributed by atoms with Crippen LogP contribution >= 0.6 is 11.3 Å². The topological polar surface area (TPSA) is 80.4 Å². The van der Waals surface area contributed by atoms with Gasteiger partial charge in [-0.05, 0) is 6.07 Å². The summed E-state index contributed by atoms with van der Waals surface area (Å²) in [6, 6.07) is 12.1. The highest BCUT2D eigenvalue weighted by Crippen LogP contribution is 2.35. The van der Waals surface area contributed by atoms with Gasteiger partial charge in [-0.3, -0.25) is 15.5 Å². The molecular weight excluding hydrogens is 381 g/mol. The molecule has 0 fully saturated rings. The lowest BCUT2D eigenvalue weighted by molar-refractivity contribution is -0.385. The Morgan fingerprint density at radius 2 is 1.89 bits per heavy atom. The summed E-state index contributed by atoms with van der Waals surface area (Å²) in [5, 5.41) is 16.9. The SMILES string of the molecule is O=[N+]([O-])c1cccc(C(F)(F)F)c1C=NNc1nc(-c2ccccc2)cs1. The van der Waals surface area contributed by atoms with Gasteiger partial charge in [-0.2, -0.15) is 18.3 Å². The summed E-state index contributed by atoms with van der Waals surface area (Å²) in [4.78, 5) is 14.4. The van der Waals surface area contributed by atoms with Gasteiger partial charge < -0.3 is 0 Å². The summed E-state index contributed by atoms with van der Waals surface area (Å²) in [7, 11) is 0. The van der Waals surface area contributed by atoms with Gasteiger partial charge in [0.15, 0.2) is 0 Å². The van der Waals surface area contributed by atoms with Crippen molar-refractivity contribution in [1.29, 1.82) is 0 Å². The van der Waals surface area contributed by atoms with Crippen LogP contribution in [0.2, 0.25) is 0 Å². The van der Waals surface area contributed by atoms with Gasteiger partial charge in [-0.15, -0.1) is 11.3 Å². The Hall–Kier alpha value is -3.27. The number of nitrogens with one attached hydrogen (secondary N) is 1. The van der Waals surface area contributed by atoms with Crippen LogP contribution in [0.1, 0.15) is 11.1 Å². The van der Waals surface area contributed by atoms with Crippen LogP contribution < -0.4 is 5.43 Å². The second-order valence-corrected chi connectivity index (χ2v) is 6.13. The van der Waals surface area contributed by atoms with Crippen LogP contribution in [0.5, 0.6) is 0 Å². The average molecular weight is 392 g/mol. The summed E-state index contributed by atoms with van der Waals surface area (Å²) >= 11 is 1.21. The Balaban J connectivity index is 1.85. The van der Waals surface area contributed by atoms with E-state index in [0.717, 1.165) is 30.0 Å². The Bertz CT molecular complexity index is 987. The number of alkyl halides is 3. The van der Waals surface area contributed by atoms with Gasteiger partial charge >= 0.3 is 6.18 Å². The van der Waals surface area contributed by atoms with E-state index < -0.39 is 27.9 Å². The maximum atomic E-state index is 13.1.